The Morgan fingerprint density at radius 1 is 1.35 bits per heavy atom. The lowest BCUT2D eigenvalue weighted by atomic mass is 9.91. The monoisotopic (exact) mass is 295 g/mol. The van der Waals surface area contributed by atoms with Gasteiger partial charge in [-0.05, 0) is 43.7 Å². The van der Waals surface area contributed by atoms with Crippen LogP contribution in [-0.4, -0.2) is 28.4 Å². The van der Waals surface area contributed by atoms with Gasteiger partial charge in [-0.3, -0.25) is 9.78 Å². The second kappa shape index (κ2) is 6.55. The molecule has 1 aliphatic heterocycles. The van der Waals surface area contributed by atoms with E-state index in [0.29, 0.717) is 12.6 Å². The molecular formula is C15H22ClN3O. The molecule has 0 aromatic carbocycles. The number of halogens is 1. The molecule has 1 aliphatic carbocycles. The Morgan fingerprint density at radius 2 is 2.15 bits per heavy atom. The van der Waals surface area contributed by atoms with E-state index in [1.165, 1.54) is 25.7 Å². The molecule has 1 aromatic rings. The summed E-state index contributed by atoms with van der Waals surface area (Å²) >= 11 is 0. The van der Waals surface area contributed by atoms with E-state index >= 15 is 0 Å². The average molecular weight is 296 g/mol. The first-order valence-corrected chi connectivity index (χ1v) is 7.25. The lowest BCUT2D eigenvalue weighted by Crippen LogP contribution is -2.46. The first-order valence-electron chi connectivity index (χ1n) is 7.25. The maximum absolute atomic E-state index is 12.7. The third-order valence-corrected chi connectivity index (χ3v) is 4.53. The Labute approximate surface area is 126 Å². The molecule has 0 bridgehead atoms. The summed E-state index contributed by atoms with van der Waals surface area (Å²) in [4.78, 5) is 18.9. The van der Waals surface area contributed by atoms with Crippen molar-refractivity contribution in [3.8, 4) is 0 Å². The summed E-state index contributed by atoms with van der Waals surface area (Å²) in [6, 6.07) is 4.11. The third kappa shape index (κ3) is 2.81. The molecule has 0 radical (unpaired) electrons. The number of nitrogens with zero attached hydrogens (tertiary/aromatic N) is 2. The number of hydrogen-bond donors (Lipinski definition) is 1. The van der Waals surface area contributed by atoms with E-state index in [1.807, 2.05) is 6.07 Å². The Kier molecular flexibility index (Phi) is 5.00. The predicted octanol–water partition coefficient (Wildman–Crippen LogP) is 2.37. The van der Waals surface area contributed by atoms with Crippen LogP contribution >= 0.6 is 12.4 Å². The molecule has 0 spiro atoms. The number of fused-ring (bicyclic) bond motifs is 1. The zero-order valence-electron chi connectivity index (χ0n) is 11.6. The summed E-state index contributed by atoms with van der Waals surface area (Å²) in [5, 5.41) is 0. The van der Waals surface area contributed by atoms with Gasteiger partial charge in [0.05, 0.1) is 5.69 Å². The van der Waals surface area contributed by atoms with Crippen molar-refractivity contribution in [2.24, 2.45) is 11.7 Å². The molecule has 2 atom stereocenters. The summed E-state index contributed by atoms with van der Waals surface area (Å²) in [5.41, 5.74) is 7.12. The highest BCUT2D eigenvalue weighted by molar-refractivity contribution is 5.94. The van der Waals surface area contributed by atoms with Crippen molar-refractivity contribution in [1.82, 2.24) is 9.88 Å². The number of piperidine rings is 1. The zero-order chi connectivity index (χ0) is 13.2. The fourth-order valence-electron chi connectivity index (χ4n) is 3.59. The number of nitrogens with two attached hydrogens (primary N) is 1. The van der Waals surface area contributed by atoms with Crippen LogP contribution in [-0.2, 0) is 6.54 Å². The molecule has 2 fully saturated rings. The zero-order valence-corrected chi connectivity index (χ0v) is 12.4. The van der Waals surface area contributed by atoms with Crippen LogP contribution in [0.1, 0.15) is 48.2 Å². The molecule has 2 heterocycles. The van der Waals surface area contributed by atoms with Crippen LogP contribution in [0, 0.1) is 5.92 Å². The van der Waals surface area contributed by atoms with E-state index < -0.39 is 0 Å². The van der Waals surface area contributed by atoms with Crippen LogP contribution in [0.2, 0.25) is 0 Å². The molecule has 2 N–H and O–H groups in total. The lowest BCUT2D eigenvalue weighted by molar-refractivity contribution is 0.0548. The fourth-order valence-corrected chi connectivity index (χ4v) is 3.59. The number of carbonyl (C=O) groups excluding carboxylic acids is 1. The molecular weight excluding hydrogens is 274 g/mol. The Hall–Kier alpha value is -1.13. The van der Waals surface area contributed by atoms with E-state index in [2.05, 4.69) is 9.88 Å². The van der Waals surface area contributed by atoms with Crippen LogP contribution in [0.4, 0.5) is 0 Å². The third-order valence-electron chi connectivity index (χ3n) is 4.53. The molecule has 2 aliphatic rings. The van der Waals surface area contributed by atoms with E-state index in [9.17, 15) is 4.79 Å². The molecule has 1 saturated carbocycles. The SMILES string of the molecule is Cl.NCc1cc(C(=O)N2CCCC3CCCC32)ccn1. The summed E-state index contributed by atoms with van der Waals surface area (Å²) in [7, 11) is 0. The van der Waals surface area contributed by atoms with E-state index in [-0.39, 0.29) is 18.3 Å². The number of rotatable bonds is 2. The van der Waals surface area contributed by atoms with Gasteiger partial charge in [0, 0.05) is 30.9 Å². The highest BCUT2D eigenvalue weighted by Crippen LogP contribution is 2.37. The van der Waals surface area contributed by atoms with E-state index in [1.54, 1.807) is 12.3 Å². The van der Waals surface area contributed by atoms with E-state index in [4.69, 9.17) is 5.73 Å². The highest BCUT2D eigenvalue weighted by atomic mass is 35.5. The minimum atomic E-state index is 0. The van der Waals surface area contributed by atoms with Crippen molar-refractivity contribution in [2.45, 2.75) is 44.7 Å². The molecule has 2 unspecified atom stereocenters. The average Bonchev–Trinajstić information content (AvgIpc) is 2.95. The molecule has 1 saturated heterocycles. The van der Waals surface area contributed by atoms with Gasteiger partial charge in [0.25, 0.3) is 5.91 Å². The second-order valence-electron chi connectivity index (χ2n) is 5.64. The van der Waals surface area contributed by atoms with Crippen molar-refractivity contribution >= 4 is 18.3 Å². The van der Waals surface area contributed by atoms with Crippen LogP contribution in [0.5, 0.6) is 0 Å². The van der Waals surface area contributed by atoms with Crippen LogP contribution in [0.25, 0.3) is 0 Å². The van der Waals surface area contributed by atoms with Gasteiger partial charge >= 0.3 is 0 Å². The molecule has 3 rings (SSSR count). The van der Waals surface area contributed by atoms with Gasteiger partial charge in [-0.2, -0.15) is 0 Å². The normalized spacial score (nSPS) is 24.9. The minimum Gasteiger partial charge on any atom is -0.335 e. The second-order valence-corrected chi connectivity index (χ2v) is 5.64. The summed E-state index contributed by atoms with van der Waals surface area (Å²) in [6.07, 6.45) is 7.85. The number of hydrogen-bond acceptors (Lipinski definition) is 3. The molecule has 20 heavy (non-hydrogen) atoms. The summed E-state index contributed by atoms with van der Waals surface area (Å²) < 4.78 is 0. The summed E-state index contributed by atoms with van der Waals surface area (Å²) in [6.45, 7) is 1.29. The predicted molar refractivity (Wildman–Crippen MR) is 80.8 cm³/mol. The van der Waals surface area contributed by atoms with Crippen LogP contribution in [0.3, 0.4) is 0 Å². The van der Waals surface area contributed by atoms with Gasteiger partial charge in [-0.25, -0.2) is 0 Å². The van der Waals surface area contributed by atoms with Gasteiger partial charge in [0.15, 0.2) is 0 Å². The number of amides is 1. The molecule has 4 nitrogen and oxygen atoms in total. The van der Waals surface area contributed by atoms with Crippen molar-refractivity contribution in [1.29, 1.82) is 0 Å². The van der Waals surface area contributed by atoms with Crippen molar-refractivity contribution < 1.29 is 4.79 Å². The Morgan fingerprint density at radius 3 is 2.95 bits per heavy atom. The molecule has 5 heteroatoms. The fraction of sp³-hybridized carbons (Fsp3) is 0.600. The van der Waals surface area contributed by atoms with Gasteiger partial charge in [0.2, 0.25) is 0 Å². The number of carbonyl (C=O) groups is 1. The summed E-state index contributed by atoms with van der Waals surface area (Å²) in [5.74, 6) is 0.891. The molecule has 110 valence electrons. The number of likely N-dealkylation sites (tertiary alicyclic amines) is 1. The van der Waals surface area contributed by atoms with Gasteiger partial charge in [-0.15, -0.1) is 12.4 Å². The van der Waals surface area contributed by atoms with E-state index in [0.717, 1.165) is 30.1 Å². The number of aromatic nitrogens is 1. The smallest absolute Gasteiger partial charge is 0.254 e. The Bertz CT molecular complexity index is 480. The van der Waals surface area contributed by atoms with Crippen LogP contribution < -0.4 is 5.73 Å². The first kappa shape index (κ1) is 15.3. The quantitative estimate of drug-likeness (QED) is 0.911. The Balaban J connectivity index is 0.00000147. The van der Waals surface area contributed by atoms with Crippen molar-refractivity contribution in [3.63, 3.8) is 0 Å². The van der Waals surface area contributed by atoms with Crippen molar-refractivity contribution in [3.05, 3.63) is 29.6 Å². The first-order chi connectivity index (χ1) is 9.29. The van der Waals surface area contributed by atoms with Gasteiger partial charge < -0.3 is 10.6 Å². The standard InChI is InChI=1S/C15H21N3O.ClH/c16-10-13-9-12(6-7-17-13)15(19)18-8-2-4-11-3-1-5-14(11)18;/h6-7,9,11,14H,1-5,8,10,16H2;1H. The number of pyridine rings is 1. The molecule has 1 amide bonds. The maximum Gasteiger partial charge on any atom is 0.254 e. The maximum atomic E-state index is 12.7. The van der Waals surface area contributed by atoms with Crippen molar-refractivity contribution in [2.75, 3.05) is 6.54 Å². The van der Waals surface area contributed by atoms with Gasteiger partial charge in [-0.1, -0.05) is 6.42 Å². The largest absolute Gasteiger partial charge is 0.335 e. The molecule has 1 aromatic heterocycles. The van der Waals surface area contributed by atoms with Gasteiger partial charge in [0.1, 0.15) is 0 Å². The topological polar surface area (TPSA) is 59.2 Å². The van der Waals surface area contributed by atoms with Crippen LogP contribution in [0.15, 0.2) is 18.3 Å². The lowest BCUT2D eigenvalue weighted by Gasteiger charge is -2.37. The minimum absolute atomic E-state index is 0. The highest BCUT2D eigenvalue weighted by Gasteiger charge is 2.37.